The lowest BCUT2D eigenvalue weighted by molar-refractivity contribution is -0.384. The van der Waals surface area contributed by atoms with Crippen LogP contribution in [0.4, 0.5) is 11.4 Å². The van der Waals surface area contributed by atoms with Gasteiger partial charge in [-0.15, -0.1) is 0 Å². The third kappa shape index (κ3) is 2.50. The molecule has 1 aliphatic carbocycles. The molecule has 18 heavy (non-hydrogen) atoms. The number of nitro benzene ring substituents is 1. The fourth-order valence-electron chi connectivity index (χ4n) is 2.24. The second-order valence-electron chi connectivity index (χ2n) is 4.80. The van der Waals surface area contributed by atoms with E-state index in [0.717, 1.165) is 6.54 Å². The maximum atomic E-state index is 11.0. The normalized spacial score (nSPS) is 14.9. The number of nitro groups is 1. The van der Waals surface area contributed by atoms with Gasteiger partial charge in [-0.25, -0.2) is 0 Å². The Hall–Kier alpha value is -1.91. The lowest BCUT2D eigenvalue weighted by Crippen LogP contribution is -2.29. The molecular weight excluding hydrogens is 232 g/mol. The number of aldehydes is 1. The standard InChI is InChI=1S/C13H16N2O3/c1-14(8-10-3-2-4-10)12-6-5-11(9-16)7-13(12)15(17)18/h5-7,9-10H,2-4,8H2,1H3. The molecule has 0 spiro atoms. The van der Waals surface area contributed by atoms with Gasteiger partial charge in [0.15, 0.2) is 0 Å². The Balaban J connectivity index is 2.24. The van der Waals surface area contributed by atoms with Gasteiger partial charge in [-0.05, 0) is 30.9 Å². The molecule has 1 fully saturated rings. The maximum Gasteiger partial charge on any atom is 0.293 e. The topological polar surface area (TPSA) is 63.5 Å². The quantitative estimate of drug-likeness (QED) is 0.456. The summed E-state index contributed by atoms with van der Waals surface area (Å²) < 4.78 is 0. The summed E-state index contributed by atoms with van der Waals surface area (Å²) in [4.78, 5) is 23.2. The molecule has 1 saturated carbocycles. The van der Waals surface area contributed by atoms with Gasteiger partial charge in [0.1, 0.15) is 12.0 Å². The predicted molar refractivity (Wildman–Crippen MR) is 69.1 cm³/mol. The zero-order valence-electron chi connectivity index (χ0n) is 10.3. The summed E-state index contributed by atoms with van der Waals surface area (Å²) >= 11 is 0. The van der Waals surface area contributed by atoms with Crippen molar-refractivity contribution in [3.05, 3.63) is 33.9 Å². The van der Waals surface area contributed by atoms with Crippen LogP contribution >= 0.6 is 0 Å². The second kappa shape index (κ2) is 5.16. The number of rotatable bonds is 5. The SMILES string of the molecule is CN(CC1CCC1)c1ccc(C=O)cc1[N+](=O)[O-]. The molecule has 0 aliphatic heterocycles. The van der Waals surface area contributed by atoms with Crippen LogP contribution in [0.15, 0.2) is 18.2 Å². The van der Waals surface area contributed by atoms with Crippen molar-refractivity contribution in [1.29, 1.82) is 0 Å². The Morgan fingerprint density at radius 2 is 2.22 bits per heavy atom. The lowest BCUT2D eigenvalue weighted by atomic mass is 9.85. The van der Waals surface area contributed by atoms with Gasteiger partial charge in [0.25, 0.3) is 5.69 Å². The summed E-state index contributed by atoms with van der Waals surface area (Å²) in [6.07, 6.45) is 4.28. The number of carbonyl (C=O) groups excluding carboxylic acids is 1. The van der Waals surface area contributed by atoms with Crippen LogP contribution in [-0.2, 0) is 0 Å². The van der Waals surface area contributed by atoms with Crippen LogP contribution in [0.3, 0.4) is 0 Å². The summed E-state index contributed by atoms with van der Waals surface area (Å²) in [6.45, 7) is 0.835. The molecule has 0 amide bonds. The molecule has 0 heterocycles. The second-order valence-corrected chi connectivity index (χ2v) is 4.80. The summed E-state index contributed by atoms with van der Waals surface area (Å²) in [5.74, 6) is 0.639. The molecule has 0 N–H and O–H groups in total. The highest BCUT2D eigenvalue weighted by Crippen LogP contribution is 2.32. The third-order valence-corrected chi connectivity index (χ3v) is 3.50. The number of benzene rings is 1. The van der Waals surface area contributed by atoms with Crippen molar-refractivity contribution in [3.8, 4) is 0 Å². The molecule has 5 nitrogen and oxygen atoms in total. The minimum absolute atomic E-state index is 0.00132. The molecule has 0 aromatic heterocycles. The van der Waals surface area contributed by atoms with E-state index in [9.17, 15) is 14.9 Å². The van der Waals surface area contributed by atoms with E-state index in [0.29, 0.717) is 23.5 Å². The summed E-state index contributed by atoms with van der Waals surface area (Å²) in [7, 11) is 1.86. The Morgan fingerprint density at radius 3 is 2.72 bits per heavy atom. The van der Waals surface area contributed by atoms with E-state index in [4.69, 9.17) is 0 Å². The van der Waals surface area contributed by atoms with Crippen LogP contribution in [0.1, 0.15) is 29.6 Å². The predicted octanol–water partition coefficient (Wildman–Crippen LogP) is 2.64. The average molecular weight is 248 g/mol. The zero-order chi connectivity index (χ0) is 13.1. The summed E-state index contributed by atoms with van der Waals surface area (Å²) in [5.41, 5.74) is 0.918. The number of hydrogen-bond acceptors (Lipinski definition) is 4. The van der Waals surface area contributed by atoms with E-state index < -0.39 is 4.92 Å². The molecule has 1 aliphatic rings. The number of carbonyl (C=O) groups is 1. The first-order chi connectivity index (χ1) is 8.61. The van der Waals surface area contributed by atoms with Crippen LogP contribution < -0.4 is 4.90 Å². The summed E-state index contributed by atoms with van der Waals surface area (Å²) in [6, 6.07) is 4.60. The first kappa shape index (κ1) is 12.5. The van der Waals surface area contributed by atoms with Gasteiger partial charge in [0, 0.05) is 25.2 Å². The molecule has 1 aromatic carbocycles. The molecule has 0 bridgehead atoms. The Labute approximate surface area is 106 Å². The van der Waals surface area contributed by atoms with Crippen LogP contribution in [0, 0.1) is 16.0 Å². The Kier molecular flexibility index (Phi) is 3.60. The van der Waals surface area contributed by atoms with Gasteiger partial charge in [0.05, 0.1) is 4.92 Å². The van der Waals surface area contributed by atoms with E-state index in [-0.39, 0.29) is 5.69 Å². The fourth-order valence-corrected chi connectivity index (χ4v) is 2.24. The van der Waals surface area contributed by atoms with E-state index in [1.165, 1.54) is 25.3 Å². The number of nitrogens with zero attached hydrogens (tertiary/aromatic N) is 2. The third-order valence-electron chi connectivity index (χ3n) is 3.50. The number of hydrogen-bond donors (Lipinski definition) is 0. The van der Waals surface area contributed by atoms with Crippen molar-refractivity contribution in [2.45, 2.75) is 19.3 Å². The van der Waals surface area contributed by atoms with Crippen LogP contribution in [0.25, 0.3) is 0 Å². The smallest absolute Gasteiger partial charge is 0.293 e. The number of anilines is 1. The molecule has 1 aromatic rings. The molecule has 0 unspecified atom stereocenters. The van der Waals surface area contributed by atoms with Crippen molar-refractivity contribution in [2.24, 2.45) is 5.92 Å². The van der Waals surface area contributed by atoms with E-state index in [1.54, 1.807) is 12.1 Å². The Morgan fingerprint density at radius 1 is 1.50 bits per heavy atom. The largest absolute Gasteiger partial charge is 0.369 e. The molecule has 2 rings (SSSR count). The minimum atomic E-state index is -0.431. The fraction of sp³-hybridized carbons (Fsp3) is 0.462. The lowest BCUT2D eigenvalue weighted by Gasteiger charge is -2.31. The first-order valence-corrected chi connectivity index (χ1v) is 6.06. The van der Waals surface area contributed by atoms with Crippen molar-refractivity contribution in [3.63, 3.8) is 0 Å². The molecular formula is C13H16N2O3. The van der Waals surface area contributed by atoms with E-state index in [1.807, 2.05) is 11.9 Å². The maximum absolute atomic E-state index is 11.0. The average Bonchev–Trinajstić information content (AvgIpc) is 2.32. The van der Waals surface area contributed by atoms with Gasteiger partial charge in [-0.2, -0.15) is 0 Å². The molecule has 0 atom stereocenters. The molecule has 5 heteroatoms. The first-order valence-electron chi connectivity index (χ1n) is 6.06. The van der Waals surface area contributed by atoms with Crippen molar-refractivity contribution < 1.29 is 9.72 Å². The van der Waals surface area contributed by atoms with Gasteiger partial charge >= 0.3 is 0 Å². The molecule has 0 radical (unpaired) electrons. The van der Waals surface area contributed by atoms with Crippen molar-refractivity contribution in [1.82, 2.24) is 0 Å². The highest BCUT2D eigenvalue weighted by atomic mass is 16.6. The zero-order valence-corrected chi connectivity index (χ0v) is 10.3. The van der Waals surface area contributed by atoms with Gasteiger partial charge in [-0.1, -0.05) is 6.42 Å². The monoisotopic (exact) mass is 248 g/mol. The minimum Gasteiger partial charge on any atom is -0.369 e. The van der Waals surface area contributed by atoms with Crippen LogP contribution in [-0.4, -0.2) is 24.8 Å². The molecule has 96 valence electrons. The van der Waals surface area contributed by atoms with Crippen LogP contribution in [0.2, 0.25) is 0 Å². The van der Waals surface area contributed by atoms with Crippen LogP contribution in [0.5, 0.6) is 0 Å². The highest BCUT2D eigenvalue weighted by molar-refractivity contribution is 5.79. The Bertz CT molecular complexity index is 469. The van der Waals surface area contributed by atoms with Crippen molar-refractivity contribution in [2.75, 3.05) is 18.5 Å². The van der Waals surface area contributed by atoms with E-state index in [2.05, 4.69) is 0 Å². The van der Waals surface area contributed by atoms with Gasteiger partial charge < -0.3 is 4.90 Å². The highest BCUT2D eigenvalue weighted by Gasteiger charge is 2.23. The van der Waals surface area contributed by atoms with Gasteiger partial charge in [0.2, 0.25) is 0 Å². The molecule has 0 saturated heterocycles. The van der Waals surface area contributed by atoms with Gasteiger partial charge in [-0.3, -0.25) is 14.9 Å². The summed E-state index contributed by atoms with van der Waals surface area (Å²) in [5, 5.41) is 11.0. The van der Waals surface area contributed by atoms with E-state index >= 15 is 0 Å². The van der Waals surface area contributed by atoms with Crippen molar-refractivity contribution >= 4 is 17.7 Å².